The van der Waals surface area contributed by atoms with Crippen molar-refractivity contribution >= 4 is 27.5 Å². The molecule has 5 heteroatoms. The lowest BCUT2D eigenvalue weighted by Gasteiger charge is -2.06. The molecule has 0 radical (unpaired) electrons. The fourth-order valence-electron chi connectivity index (χ4n) is 1.12. The molecule has 0 fully saturated rings. The molecule has 16 heavy (non-hydrogen) atoms. The molecule has 0 spiro atoms. The summed E-state index contributed by atoms with van der Waals surface area (Å²) in [6, 6.07) is 7.49. The number of hydrogen-bond acceptors (Lipinski definition) is 2. The van der Waals surface area contributed by atoms with Crippen LogP contribution in [0.2, 0.25) is 5.02 Å². The standard InChI is InChI=1S/C11H6BrClFNO/c12-10-4-7(13)6-15-11(10)16-9-3-1-2-8(14)5-9/h1-6H. The maximum Gasteiger partial charge on any atom is 0.233 e. The van der Waals surface area contributed by atoms with E-state index >= 15 is 0 Å². The molecule has 82 valence electrons. The summed E-state index contributed by atoms with van der Waals surface area (Å²) in [4.78, 5) is 3.98. The molecule has 1 aromatic carbocycles. The summed E-state index contributed by atoms with van der Waals surface area (Å²) in [7, 11) is 0. The highest BCUT2D eigenvalue weighted by Crippen LogP contribution is 2.29. The van der Waals surface area contributed by atoms with Crippen molar-refractivity contribution in [2.24, 2.45) is 0 Å². The average Bonchev–Trinajstić information content (AvgIpc) is 2.22. The van der Waals surface area contributed by atoms with Crippen LogP contribution in [0.3, 0.4) is 0 Å². The molecule has 2 rings (SSSR count). The molecule has 0 atom stereocenters. The van der Waals surface area contributed by atoms with Gasteiger partial charge in [0.2, 0.25) is 5.88 Å². The fourth-order valence-corrected chi connectivity index (χ4v) is 1.84. The lowest BCUT2D eigenvalue weighted by molar-refractivity contribution is 0.455. The van der Waals surface area contributed by atoms with Crippen molar-refractivity contribution in [3.8, 4) is 11.6 Å². The van der Waals surface area contributed by atoms with Gasteiger partial charge in [-0.05, 0) is 34.1 Å². The molecule has 1 aromatic heterocycles. The number of nitrogens with zero attached hydrogens (tertiary/aromatic N) is 1. The Bertz CT molecular complexity index is 521. The third-order valence-corrected chi connectivity index (χ3v) is 2.56. The quantitative estimate of drug-likeness (QED) is 0.819. The van der Waals surface area contributed by atoms with Gasteiger partial charge in [0.05, 0.1) is 9.50 Å². The van der Waals surface area contributed by atoms with Gasteiger partial charge in [-0.1, -0.05) is 17.7 Å². The van der Waals surface area contributed by atoms with Crippen LogP contribution in [0.4, 0.5) is 4.39 Å². The minimum atomic E-state index is -0.359. The summed E-state index contributed by atoms with van der Waals surface area (Å²) in [5.41, 5.74) is 0. The number of pyridine rings is 1. The molecular formula is C11H6BrClFNO. The van der Waals surface area contributed by atoms with Crippen LogP contribution < -0.4 is 4.74 Å². The molecule has 0 aliphatic carbocycles. The minimum Gasteiger partial charge on any atom is -0.438 e. The molecule has 2 nitrogen and oxygen atoms in total. The number of hydrogen-bond donors (Lipinski definition) is 0. The number of rotatable bonds is 2. The maximum absolute atomic E-state index is 12.9. The third kappa shape index (κ3) is 2.71. The van der Waals surface area contributed by atoms with E-state index in [0.29, 0.717) is 21.1 Å². The number of aromatic nitrogens is 1. The molecule has 0 aliphatic heterocycles. The zero-order chi connectivity index (χ0) is 11.5. The first-order valence-electron chi connectivity index (χ1n) is 4.39. The Morgan fingerprint density at radius 1 is 1.31 bits per heavy atom. The molecule has 0 N–H and O–H groups in total. The molecule has 0 amide bonds. The molecule has 0 saturated heterocycles. The fraction of sp³-hybridized carbons (Fsp3) is 0. The highest BCUT2D eigenvalue weighted by molar-refractivity contribution is 9.10. The van der Waals surface area contributed by atoms with E-state index in [-0.39, 0.29) is 5.82 Å². The van der Waals surface area contributed by atoms with Crippen molar-refractivity contribution in [2.75, 3.05) is 0 Å². The first-order valence-corrected chi connectivity index (χ1v) is 5.57. The number of ether oxygens (including phenoxy) is 1. The van der Waals surface area contributed by atoms with Crippen molar-refractivity contribution in [1.29, 1.82) is 0 Å². The van der Waals surface area contributed by atoms with Crippen molar-refractivity contribution in [1.82, 2.24) is 4.98 Å². The van der Waals surface area contributed by atoms with Gasteiger partial charge in [-0.2, -0.15) is 0 Å². The van der Waals surface area contributed by atoms with E-state index in [4.69, 9.17) is 16.3 Å². The molecule has 0 unspecified atom stereocenters. The van der Waals surface area contributed by atoms with Crippen molar-refractivity contribution in [3.63, 3.8) is 0 Å². The van der Waals surface area contributed by atoms with E-state index in [1.807, 2.05) is 0 Å². The first-order chi connectivity index (χ1) is 7.65. The highest BCUT2D eigenvalue weighted by atomic mass is 79.9. The molecule has 0 aliphatic rings. The monoisotopic (exact) mass is 301 g/mol. The van der Waals surface area contributed by atoms with Gasteiger partial charge < -0.3 is 4.74 Å². The summed E-state index contributed by atoms with van der Waals surface area (Å²) < 4.78 is 18.9. The van der Waals surface area contributed by atoms with Crippen LogP contribution in [0.5, 0.6) is 11.6 Å². The van der Waals surface area contributed by atoms with Crippen LogP contribution in [0.1, 0.15) is 0 Å². The predicted octanol–water partition coefficient (Wildman–Crippen LogP) is 4.43. The van der Waals surface area contributed by atoms with Crippen molar-refractivity contribution in [3.05, 3.63) is 51.8 Å². The van der Waals surface area contributed by atoms with E-state index in [1.54, 1.807) is 18.2 Å². The second kappa shape index (κ2) is 4.80. The minimum absolute atomic E-state index is 0.343. The topological polar surface area (TPSA) is 22.1 Å². The smallest absolute Gasteiger partial charge is 0.233 e. The van der Waals surface area contributed by atoms with Gasteiger partial charge in [0.15, 0.2) is 0 Å². The lowest BCUT2D eigenvalue weighted by atomic mass is 10.3. The van der Waals surface area contributed by atoms with Gasteiger partial charge in [0.25, 0.3) is 0 Å². The van der Waals surface area contributed by atoms with E-state index in [2.05, 4.69) is 20.9 Å². The van der Waals surface area contributed by atoms with Crippen LogP contribution in [0.15, 0.2) is 41.0 Å². The molecular weight excluding hydrogens is 296 g/mol. The average molecular weight is 303 g/mol. The van der Waals surface area contributed by atoms with Crippen molar-refractivity contribution < 1.29 is 9.13 Å². The summed E-state index contributed by atoms with van der Waals surface area (Å²) in [5, 5.41) is 0.499. The Morgan fingerprint density at radius 2 is 2.12 bits per heavy atom. The summed E-state index contributed by atoms with van der Waals surface area (Å²) >= 11 is 8.99. The van der Waals surface area contributed by atoms with Gasteiger partial charge in [0, 0.05) is 12.3 Å². The van der Waals surface area contributed by atoms with Gasteiger partial charge in [-0.25, -0.2) is 9.37 Å². The largest absolute Gasteiger partial charge is 0.438 e. The van der Waals surface area contributed by atoms with E-state index in [1.165, 1.54) is 18.3 Å². The predicted molar refractivity (Wildman–Crippen MR) is 63.4 cm³/mol. The van der Waals surface area contributed by atoms with Gasteiger partial charge >= 0.3 is 0 Å². The SMILES string of the molecule is Fc1cccc(Oc2ncc(Cl)cc2Br)c1. The molecule has 0 bridgehead atoms. The summed E-state index contributed by atoms with van der Waals surface area (Å²) in [5.74, 6) is 0.369. The normalized spacial score (nSPS) is 10.2. The molecule has 2 aromatic rings. The van der Waals surface area contributed by atoms with Crippen LogP contribution in [-0.4, -0.2) is 4.98 Å². The van der Waals surface area contributed by atoms with E-state index < -0.39 is 0 Å². The Morgan fingerprint density at radius 3 is 2.81 bits per heavy atom. The first kappa shape index (κ1) is 11.4. The highest BCUT2D eigenvalue weighted by Gasteiger charge is 2.05. The van der Waals surface area contributed by atoms with Gasteiger partial charge in [-0.15, -0.1) is 0 Å². The van der Waals surface area contributed by atoms with Crippen LogP contribution in [0, 0.1) is 5.82 Å². The maximum atomic E-state index is 12.9. The number of benzene rings is 1. The van der Waals surface area contributed by atoms with E-state index in [9.17, 15) is 4.39 Å². The molecule has 1 heterocycles. The van der Waals surface area contributed by atoms with Gasteiger partial charge in [0.1, 0.15) is 11.6 Å². The summed E-state index contributed by atoms with van der Waals surface area (Å²) in [6.45, 7) is 0. The second-order valence-electron chi connectivity index (χ2n) is 3.00. The van der Waals surface area contributed by atoms with Crippen LogP contribution >= 0.6 is 27.5 Å². The van der Waals surface area contributed by atoms with Crippen molar-refractivity contribution in [2.45, 2.75) is 0 Å². The zero-order valence-electron chi connectivity index (χ0n) is 7.95. The Labute approximate surface area is 105 Å². The Hall–Kier alpha value is -1.13. The lowest BCUT2D eigenvalue weighted by Crippen LogP contribution is -1.89. The van der Waals surface area contributed by atoms with Crippen LogP contribution in [0.25, 0.3) is 0 Å². The zero-order valence-corrected chi connectivity index (χ0v) is 10.3. The van der Waals surface area contributed by atoms with Crippen LogP contribution in [-0.2, 0) is 0 Å². The van der Waals surface area contributed by atoms with E-state index in [0.717, 1.165) is 0 Å². The van der Waals surface area contributed by atoms with Gasteiger partial charge in [-0.3, -0.25) is 0 Å². The Kier molecular flexibility index (Phi) is 3.41. The third-order valence-electron chi connectivity index (χ3n) is 1.78. The second-order valence-corrected chi connectivity index (χ2v) is 4.29. The number of halogens is 3. The molecule has 0 saturated carbocycles. The summed E-state index contributed by atoms with van der Waals surface area (Å²) in [6.07, 6.45) is 1.46. The Balaban J connectivity index is 2.27.